The van der Waals surface area contributed by atoms with Crippen LogP contribution in [0.15, 0.2) is 47.9 Å². The largest absolute Gasteiger partial charge is 0.333 e. The number of anilines is 1. The quantitative estimate of drug-likeness (QED) is 0.309. The topological polar surface area (TPSA) is 85.6 Å². The maximum absolute atomic E-state index is 12.7. The Balaban J connectivity index is 1.54. The fraction of sp³-hybridized carbons (Fsp3) is 0.261. The van der Waals surface area contributed by atoms with Gasteiger partial charge in [-0.1, -0.05) is 53.4 Å². The third kappa shape index (κ3) is 4.73. The number of imidazole rings is 1. The van der Waals surface area contributed by atoms with Crippen molar-refractivity contribution in [2.75, 3.05) is 11.6 Å². The number of aryl methyl sites for hydroxylation is 3. The zero-order valence-electron chi connectivity index (χ0n) is 18.4. The number of benzene rings is 1. The first-order valence-corrected chi connectivity index (χ1v) is 12.2. The van der Waals surface area contributed by atoms with Crippen LogP contribution in [0.2, 0.25) is 0 Å². The molecule has 1 aromatic carbocycles. The average Bonchev–Trinajstić information content (AvgIpc) is 3.39. The van der Waals surface area contributed by atoms with Gasteiger partial charge in [-0.3, -0.25) is 4.79 Å². The van der Waals surface area contributed by atoms with Crippen LogP contribution in [0, 0.1) is 13.8 Å². The van der Waals surface area contributed by atoms with Crippen molar-refractivity contribution >= 4 is 34.1 Å². The fourth-order valence-corrected chi connectivity index (χ4v) is 4.98. The summed E-state index contributed by atoms with van der Waals surface area (Å²) in [7, 11) is 1.95. The second-order valence-electron chi connectivity index (χ2n) is 7.33. The molecule has 4 aromatic rings. The number of carbonyl (C=O) groups excluding carboxylic acids is 1. The third-order valence-electron chi connectivity index (χ3n) is 5.13. The second kappa shape index (κ2) is 9.62. The molecule has 7 nitrogen and oxygen atoms in total. The van der Waals surface area contributed by atoms with Crippen LogP contribution in [-0.2, 0) is 18.3 Å². The highest BCUT2D eigenvalue weighted by molar-refractivity contribution is 7.98. The van der Waals surface area contributed by atoms with E-state index in [2.05, 4.69) is 20.3 Å². The Morgan fingerprint density at radius 3 is 2.47 bits per heavy atom. The first kappa shape index (κ1) is 22.2. The molecule has 0 aliphatic rings. The first-order valence-electron chi connectivity index (χ1n) is 10.2. The molecule has 0 unspecified atom stereocenters. The zero-order valence-corrected chi connectivity index (χ0v) is 20.0. The van der Waals surface area contributed by atoms with Crippen molar-refractivity contribution in [1.82, 2.24) is 24.5 Å². The summed E-state index contributed by atoms with van der Waals surface area (Å²) >= 11 is 2.95. The summed E-state index contributed by atoms with van der Waals surface area (Å²) in [6, 6.07) is 9.95. The number of thioether (sulfide) groups is 1. The van der Waals surface area contributed by atoms with Gasteiger partial charge in [0, 0.05) is 42.8 Å². The van der Waals surface area contributed by atoms with Crippen LogP contribution in [0.25, 0.3) is 22.0 Å². The second-order valence-corrected chi connectivity index (χ2v) is 9.10. The van der Waals surface area contributed by atoms with Gasteiger partial charge in [0.15, 0.2) is 16.1 Å². The molecule has 0 saturated carbocycles. The minimum Gasteiger partial charge on any atom is -0.333 e. The van der Waals surface area contributed by atoms with Crippen molar-refractivity contribution in [2.45, 2.75) is 31.8 Å². The lowest BCUT2D eigenvalue weighted by Crippen LogP contribution is -2.13. The van der Waals surface area contributed by atoms with E-state index in [4.69, 9.17) is 4.98 Å². The van der Waals surface area contributed by atoms with Gasteiger partial charge in [-0.15, -0.1) is 0 Å². The predicted molar refractivity (Wildman–Crippen MR) is 130 cm³/mol. The van der Waals surface area contributed by atoms with Crippen LogP contribution in [0.4, 0.5) is 5.13 Å². The summed E-state index contributed by atoms with van der Waals surface area (Å²) in [5.41, 5.74) is 4.67. The summed E-state index contributed by atoms with van der Waals surface area (Å²) in [4.78, 5) is 31.9. The molecule has 0 fully saturated rings. The SMILES string of the molecule is CSc1nc(C)c(CCC(=O)Nc2nc(-c3ccccc3)c(-c3nccn3C)s2)c(C)n1. The number of rotatable bonds is 7. The van der Waals surface area contributed by atoms with E-state index in [0.29, 0.717) is 18.0 Å². The summed E-state index contributed by atoms with van der Waals surface area (Å²) in [6.07, 6.45) is 6.54. The zero-order chi connectivity index (χ0) is 22.7. The van der Waals surface area contributed by atoms with Crippen molar-refractivity contribution in [2.24, 2.45) is 7.05 Å². The molecule has 1 amide bonds. The minimum absolute atomic E-state index is 0.0857. The number of hydrogen-bond acceptors (Lipinski definition) is 7. The van der Waals surface area contributed by atoms with Gasteiger partial charge >= 0.3 is 0 Å². The van der Waals surface area contributed by atoms with Gasteiger partial charge in [0.05, 0.1) is 10.6 Å². The van der Waals surface area contributed by atoms with Crippen LogP contribution in [-0.4, -0.2) is 36.7 Å². The van der Waals surface area contributed by atoms with Gasteiger partial charge in [-0.25, -0.2) is 19.9 Å². The third-order valence-corrected chi connectivity index (χ3v) is 6.64. The maximum Gasteiger partial charge on any atom is 0.226 e. The molecular weight excluding hydrogens is 440 g/mol. The van der Waals surface area contributed by atoms with E-state index < -0.39 is 0 Å². The number of carbonyl (C=O) groups is 1. The molecule has 3 aromatic heterocycles. The number of hydrogen-bond donors (Lipinski definition) is 1. The minimum atomic E-state index is -0.0857. The van der Waals surface area contributed by atoms with Crippen LogP contribution >= 0.6 is 23.1 Å². The van der Waals surface area contributed by atoms with E-state index in [1.54, 1.807) is 6.20 Å². The highest BCUT2D eigenvalue weighted by atomic mass is 32.2. The highest BCUT2D eigenvalue weighted by Crippen LogP contribution is 2.38. The Morgan fingerprint density at radius 2 is 1.84 bits per heavy atom. The van der Waals surface area contributed by atoms with Crippen molar-refractivity contribution < 1.29 is 4.79 Å². The van der Waals surface area contributed by atoms with E-state index >= 15 is 0 Å². The molecule has 0 atom stereocenters. The van der Waals surface area contributed by atoms with Crippen molar-refractivity contribution in [3.05, 3.63) is 59.7 Å². The van der Waals surface area contributed by atoms with E-state index in [-0.39, 0.29) is 5.91 Å². The Kier molecular flexibility index (Phi) is 6.66. The molecule has 0 spiro atoms. The summed E-state index contributed by atoms with van der Waals surface area (Å²) in [5, 5.41) is 4.29. The molecule has 3 heterocycles. The Hall–Kier alpha value is -3.04. The monoisotopic (exact) mass is 464 g/mol. The Labute approximate surface area is 195 Å². The number of nitrogens with zero attached hydrogens (tertiary/aromatic N) is 5. The van der Waals surface area contributed by atoms with Gasteiger partial charge in [-0.05, 0) is 32.1 Å². The number of amides is 1. The summed E-state index contributed by atoms with van der Waals surface area (Å²) in [6.45, 7) is 3.93. The van der Waals surface area contributed by atoms with Crippen LogP contribution in [0.5, 0.6) is 0 Å². The fourth-order valence-electron chi connectivity index (χ4n) is 3.48. The Morgan fingerprint density at radius 1 is 1.12 bits per heavy atom. The van der Waals surface area contributed by atoms with Crippen LogP contribution in [0.1, 0.15) is 23.4 Å². The molecule has 0 saturated heterocycles. The molecular formula is C23H24N6OS2. The highest BCUT2D eigenvalue weighted by Gasteiger charge is 2.19. The van der Waals surface area contributed by atoms with Crippen LogP contribution < -0.4 is 5.32 Å². The molecule has 0 bridgehead atoms. The Bertz CT molecular complexity index is 1230. The van der Waals surface area contributed by atoms with E-state index in [1.807, 2.05) is 68.2 Å². The van der Waals surface area contributed by atoms with Crippen LogP contribution in [0.3, 0.4) is 0 Å². The number of aromatic nitrogens is 5. The molecule has 0 aliphatic carbocycles. The van der Waals surface area contributed by atoms with Gasteiger partial charge in [0.2, 0.25) is 5.91 Å². The normalized spacial score (nSPS) is 11.0. The van der Waals surface area contributed by atoms with Gasteiger partial charge in [0.1, 0.15) is 0 Å². The molecule has 0 aliphatic heterocycles. The predicted octanol–water partition coefficient (Wildman–Crippen LogP) is 4.91. The summed E-state index contributed by atoms with van der Waals surface area (Å²) < 4.78 is 1.95. The first-order chi connectivity index (χ1) is 15.5. The summed E-state index contributed by atoms with van der Waals surface area (Å²) in [5.74, 6) is 0.733. The van der Waals surface area contributed by atoms with Gasteiger partial charge in [-0.2, -0.15) is 0 Å². The van der Waals surface area contributed by atoms with Crippen molar-refractivity contribution in [1.29, 1.82) is 0 Å². The van der Waals surface area contributed by atoms with E-state index in [9.17, 15) is 4.79 Å². The van der Waals surface area contributed by atoms with E-state index in [1.165, 1.54) is 23.1 Å². The van der Waals surface area contributed by atoms with E-state index in [0.717, 1.165) is 44.1 Å². The molecule has 0 radical (unpaired) electrons. The lowest BCUT2D eigenvalue weighted by atomic mass is 10.1. The molecule has 164 valence electrons. The molecule has 4 rings (SSSR count). The maximum atomic E-state index is 12.7. The van der Waals surface area contributed by atoms with Gasteiger partial charge in [0.25, 0.3) is 0 Å². The molecule has 1 N–H and O–H groups in total. The standard InChI is InChI=1S/C23H24N6OS2/c1-14-17(15(2)26-22(25-14)31-4)10-11-18(30)27-23-28-19(16-8-6-5-7-9-16)20(32-23)21-24-12-13-29(21)3/h5-9,12-13H,10-11H2,1-4H3,(H,27,28,30). The lowest BCUT2D eigenvalue weighted by molar-refractivity contribution is -0.116. The smallest absolute Gasteiger partial charge is 0.226 e. The molecule has 9 heteroatoms. The number of nitrogens with one attached hydrogen (secondary N) is 1. The van der Waals surface area contributed by atoms with Crippen molar-refractivity contribution in [3.8, 4) is 22.0 Å². The average molecular weight is 465 g/mol. The van der Waals surface area contributed by atoms with Crippen molar-refractivity contribution in [3.63, 3.8) is 0 Å². The molecule has 32 heavy (non-hydrogen) atoms. The lowest BCUT2D eigenvalue weighted by Gasteiger charge is -2.09. The van der Waals surface area contributed by atoms with Gasteiger partial charge < -0.3 is 9.88 Å². The number of thiazole rings is 1.